The first-order valence-corrected chi connectivity index (χ1v) is 5.60. The summed E-state index contributed by atoms with van der Waals surface area (Å²) in [6, 6.07) is 5.44. The van der Waals surface area contributed by atoms with Gasteiger partial charge >= 0.3 is 0 Å². The Morgan fingerprint density at radius 1 is 1.31 bits per heavy atom. The van der Waals surface area contributed by atoms with Crippen molar-refractivity contribution < 1.29 is 0 Å². The molecule has 5 heteroatoms. The molecule has 2 N–H and O–H groups in total. The number of hydrogen-bond acceptors (Lipinski definition) is 2. The Morgan fingerprint density at radius 2 is 2.12 bits per heavy atom. The van der Waals surface area contributed by atoms with Crippen molar-refractivity contribution in [2.75, 3.05) is 0 Å². The Kier molecular flexibility index (Phi) is 3.49. The third-order valence-corrected chi connectivity index (χ3v) is 2.86. The molecule has 0 aliphatic carbocycles. The number of nitrogens with two attached hydrogens (primary N) is 1. The molecule has 0 atom stereocenters. The highest BCUT2D eigenvalue weighted by Crippen LogP contribution is 2.21. The molecule has 0 unspecified atom stereocenters. The van der Waals surface area contributed by atoms with Crippen LogP contribution in [0.1, 0.15) is 11.1 Å². The Labute approximate surface area is 104 Å². The standard InChI is InChI=1S/C11H11Cl2N3/c12-10-2-1-9(11(13)3-10)7-16-6-8(4-14)5-15-16/h1-3,5-6H,4,7,14H2. The highest BCUT2D eigenvalue weighted by atomic mass is 35.5. The van der Waals surface area contributed by atoms with Gasteiger partial charge in [-0.15, -0.1) is 0 Å². The molecule has 2 rings (SSSR count). The van der Waals surface area contributed by atoms with Gasteiger partial charge in [-0.3, -0.25) is 4.68 Å². The minimum Gasteiger partial charge on any atom is -0.326 e. The summed E-state index contributed by atoms with van der Waals surface area (Å²) in [5.41, 5.74) is 7.50. The van der Waals surface area contributed by atoms with E-state index < -0.39 is 0 Å². The molecule has 3 nitrogen and oxygen atoms in total. The lowest BCUT2D eigenvalue weighted by molar-refractivity contribution is 0.686. The summed E-state index contributed by atoms with van der Waals surface area (Å²) in [6.07, 6.45) is 3.66. The van der Waals surface area contributed by atoms with Crippen molar-refractivity contribution >= 4 is 23.2 Å². The van der Waals surface area contributed by atoms with Crippen molar-refractivity contribution in [3.05, 3.63) is 51.8 Å². The fraction of sp³-hybridized carbons (Fsp3) is 0.182. The molecule has 1 aromatic heterocycles. The van der Waals surface area contributed by atoms with Crippen LogP contribution in [0, 0.1) is 0 Å². The lowest BCUT2D eigenvalue weighted by Gasteiger charge is -2.04. The summed E-state index contributed by atoms with van der Waals surface area (Å²) >= 11 is 11.9. The molecule has 0 bridgehead atoms. The number of aromatic nitrogens is 2. The minimum absolute atomic E-state index is 0.494. The Morgan fingerprint density at radius 3 is 2.75 bits per heavy atom. The molecule has 0 aliphatic rings. The van der Waals surface area contributed by atoms with Crippen LogP contribution in [-0.2, 0) is 13.1 Å². The van der Waals surface area contributed by atoms with Gasteiger partial charge in [0.05, 0.1) is 12.7 Å². The molecule has 0 amide bonds. The van der Waals surface area contributed by atoms with Gasteiger partial charge in [0, 0.05) is 28.4 Å². The maximum absolute atomic E-state index is 6.07. The zero-order valence-corrected chi connectivity index (χ0v) is 10.0. The SMILES string of the molecule is NCc1cnn(Cc2ccc(Cl)cc2Cl)c1. The molecule has 0 aliphatic heterocycles. The Bertz CT molecular complexity index is 494. The van der Waals surface area contributed by atoms with E-state index >= 15 is 0 Å². The Balaban J connectivity index is 2.20. The van der Waals surface area contributed by atoms with Crippen molar-refractivity contribution in [3.8, 4) is 0 Å². The third kappa shape index (κ3) is 2.55. The molecule has 0 saturated carbocycles. The molecule has 84 valence electrons. The fourth-order valence-corrected chi connectivity index (χ4v) is 1.89. The zero-order chi connectivity index (χ0) is 11.5. The molecule has 16 heavy (non-hydrogen) atoms. The van der Waals surface area contributed by atoms with Crippen LogP contribution in [0.4, 0.5) is 0 Å². The predicted molar refractivity (Wildman–Crippen MR) is 65.7 cm³/mol. The van der Waals surface area contributed by atoms with Gasteiger partial charge in [-0.2, -0.15) is 5.10 Å². The fourth-order valence-electron chi connectivity index (χ4n) is 1.42. The van der Waals surface area contributed by atoms with Crippen molar-refractivity contribution in [1.82, 2.24) is 9.78 Å². The van der Waals surface area contributed by atoms with Crippen LogP contribution in [0.5, 0.6) is 0 Å². The average Bonchev–Trinajstić information content (AvgIpc) is 2.70. The van der Waals surface area contributed by atoms with Crippen LogP contribution in [0.15, 0.2) is 30.6 Å². The van der Waals surface area contributed by atoms with Gasteiger partial charge in [0.15, 0.2) is 0 Å². The molecule has 0 fully saturated rings. The number of rotatable bonds is 3. The maximum Gasteiger partial charge on any atom is 0.0674 e. The van der Waals surface area contributed by atoms with Gasteiger partial charge in [0.25, 0.3) is 0 Å². The maximum atomic E-state index is 6.07. The molecule has 0 saturated heterocycles. The summed E-state index contributed by atoms with van der Waals surface area (Å²) in [7, 11) is 0. The molecular formula is C11H11Cl2N3. The van der Waals surface area contributed by atoms with Crippen LogP contribution in [0.25, 0.3) is 0 Å². The first-order valence-electron chi connectivity index (χ1n) is 4.84. The van der Waals surface area contributed by atoms with Crippen LogP contribution in [0.3, 0.4) is 0 Å². The van der Waals surface area contributed by atoms with E-state index in [9.17, 15) is 0 Å². The van der Waals surface area contributed by atoms with Gasteiger partial charge in [0.2, 0.25) is 0 Å². The topological polar surface area (TPSA) is 43.8 Å². The van der Waals surface area contributed by atoms with Crippen molar-refractivity contribution in [2.24, 2.45) is 5.73 Å². The van der Waals surface area contributed by atoms with E-state index in [1.165, 1.54) is 0 Å². The van der Waals surface area contributed by atoms with Gasteiger partial charge < -0.3 is 5.73 Å². The van der Waals surface area contributed by atoms with Gasteiger partial charge in [0.1, 0.15) is 0 Å². The minimum atomic E-state index is 0.494. The monoisotopic (exact) mass is 255 g/mol. The highest BCUT2D eigenvalue weighted by molar-refractivity contribution is 6.35. The number of halogens is 2. The van der Waals surface area contributed by atoms with E-state index in [0.29, 0.717) is 23.1 Å². The van der Waals surface area contributed by atoms with E-state index in [0.717, 1.165) is 11.1 Å². The molecule has 0 spiro atoms. The van der Waals surface area contributed by atoms with Gasteiger partial charge in [-0.1, -0.05) is 29.3 Å². The lowest BCUT2D eigenvalue weighted by Crippen LogP contribution is -2.01. The Hall–Kier alpha value is -1.03. The van der Waals surface area contributed by atoms with Gasteiger partial charge in [-0.05, 0) is 17.7 Å². The van der Waals surface area contributed by atoms with E-state index in [4.69, 9.17) is 28.9 Å². The predicted octanol–water partition coefficient (Wildman–Crippen LogP) is 2.70. The largest absolute Gasteiger partial charge is 0.326 e. The third-order valence-electron chi connectivity index (χ3n) is 2.27. The highest BCUT2D eigenvalue weighted by Gasteiger charge is 2.03. The molecule has 0 radical (unpaired) electrons. The zero-order valence-electron chi connectivity index (χ0n) is 8.53. The van der Waals surface area contributed by atoms with E-state index in [1.54, 1.807) is 16.9 Å². The summed E-state index contributed by atoms with van der Waals surface area (Å²) in [5.74, 6) is 0. The van der Waals surface area contributed by atoms with Crippen LogP contribution < -0.4 is 5.73 Å². The normalized spacial score (nSPS) is 10.7. The molecule has 2 aromatic rings. The first kappa shape index (κ1) is 11.5. The summed E-state index contributed by atoms with van der Waals surface area (Å²) in [4.78, 5) is 0. The van der Waals surface area contributed by atoms with Gasteiger partial charge in [-0.25, -0.2) is 0 Å². The van der Waals surface area contributed by atoms with Crippen LogP contribution >= 0.6 is 23.2 Å². The summed E-state index contributed by atoms with van der Waals surface area (Å²) in [6.45, 7) is 1.12. The van der Waals surface area contributed by atoms with E-state index in [-0.39, 0.29) is 0 Å². The second-order valence-corrected chi connectivity index (χ2v) is 4.33. The quantitative estimate of drug-likeness (QED) is 0.917. The number of benzene rings is 1. The van der Waals surface area contributed by atoms with Crippen molar-refractivity contribution in [1.29, 1.82) is 0 Å². The van der Waals surface area contributed by atoms with Crippen molar-refractivity contribution in [2.45, 2.75) is 13.1 Å². The lowest BCUT2D eigenvalue weighted by atomic mass is 10.2. The van der Waals surface area contributed by atoms with Crippen molar-refractivity contribution in [3.63, 3.8) is 0 Å². The molecular weight excluding hydrogens is 245 g/mol. The van der Waals surface area contributed by atoms with E-state index in [2.05, 4.69) is 5.10 Å². The molecule has 1 aromatic carbocycles. The smallest absolute Gasteiger partial charge is 0.0674 e. The number of hydrogen-bond donors (Lipinski definition) is 1. The second kappa shape index (κ2) is 4.87. The summed E-state index contributed by atoms with van der Waals surface area (Å²) < 4.78 is 1.80. The van der Waals surface area contributed by atoms with E-state index in [1.807, 2.05) is 18.3 Å². The second-order valence-electron chi connectivity index (χ2n) is 3.49. The summed E-state index contributed by atoms with van der Waals surface area (Å²) in [5, 5.41) is 5.48. The van der Waals surface area contributed by atoms with Crippen LogP contribution in [0.2, 0.25) is 10.0 Å². The number of nitrogens with zero attached hydrogens (tertiary/aromatic N) is 2. The first-order chi connectivity index (χ1) is 7.69. The molecule has 1 heterocycles. The van der Waals surface area contributed by atoms with Crippen LogP contribution in [-0.4, -0.2) is 9.78 Å². The average molecular weight is 256 g/mol.